The van der Waals surface area contributed by atoms with E-state index in [9.17, 15) is 0 Å². The summed E-state index contributed by atoms with van der Waals surface area (Å²) >= 11 is 0. The molecule has 2 aromatic heterocycles. The minimum absolute atomic E-state index is 0.360. The summed E-state index contributed by atoms with van der Waals surface area (Å²) in [6.07, 6.45) is 2.38. The Morgan fingerprint density at radius 2 is 2.21 bits per heavy atom. The highest BCUT2D eigenvalue weighted by Gasteiger charge is 2.41. The van der Waals surface area contributed by atoms with Crippen molar-refractivity contribution in [2.75, 3.05) is 31.2 Å². The number of fused-ring (bicyclic) bond motifs is 1. The fourth-order valence-corrected chi connectivity index (χ4v) is 3.16. The topological polar surface area (TPSA) is 55.5 Å². The third-order valence-electron chi connectivity index (χ3n) is 4.35. The number of aromatic nitrogens is 4. The quantitative estimate of drug-likeness (QED) is 0.766. The zero-order chi connectivity index (χ0) is 12.9. The Kier molecular flexibility index (Phi) is 2.29. The first-order valence-electron chi connectivity index (χ1n) is 6.78. The monoisotopic (exact) mass is 259 g/mol. The van der Waals surface area contributed by atoms with Gasteiger partial charge in [0.2, 0.25) is 0 Å². The highest BCUT2D eigenvalue weighted by molar-refractivity contribution is 5.46. The van der Waals surface area contributed by atoms with Crippen molar-refractivity contribution in [1.82, 2.24) is 19.8 Å². The molecule has 100 valence electrons. The molecule has 0 aliphatic carbocycles. The molecule has 0 N–H and O–H groups in total. The summed E-state index contributed by atoms with van der Waals surface area (Å²) < 4.78 is 7.38. The largest absolute Gasteiger partial charge is 0.381 e. The smallest absolute Gasteiger partial charge is 0.178 e. The van der Waals surface area contributed by atoms with Crippen LogP contribution in [0.4, 0.5) is 5.82 Å². The molecule has 4 heterocycles. The first kappa shape index (κ1) is 11.2. The van der Waals surface area contributed by atoms with Gasteiger partial charge < -0.3 is 9.64 Å². The molecule has 2 saturated heterocycles. The number of ether oxygens (including phenoxy) is 1. The van der Waals surface area contributed by atoms with Crippen LogP contribution in [0.15, 0.2) is 12.1 Å². The lowest BCUT2D eigenvalue weighted by Crippen LogP contribution is -2.28. The second kappa shape index (κ2) is 3.90. The van der Waals surface area contributed by atoms with Crippen molar-refractivity contribution < 1.29 is 4.74 Å². The average molecular weight is 259 g/mol. The highest BCUT2D eigenvalue weighted by Crippen LogP contribution is 2.39. The van der Waals surface area contributed by atoms with E-state index in [4.69, 9.17) is 4.74 Å². The molecule has 2 aliphatic heterocycles. The summed E-state index contributed by atoms with van der Waals surface area (Å²) in [4.78, 5) is 2.35. The Hall–Kier alpha value is -1.69. The fraction of sp³-hybridized carbons (Fsp3) is 0.615. The summed E-state index contributed by atoms with van der Waals surface area (Å²) in [6, 6.07) is 4.02. The van der Waals surface area contributed by atoms with Gasteiger partial charge in [-0.2, -0.15) is 4.52 Å². The lowest BCUT2D eigenvalue weighted by Gasteiger charge is -2.22. The molecule has 0 radical (unpaired) electrons. The van der Waals surface area contributed by atoms with Crippen LogP contribution in [-0.4, -0.2) is 46.1 Å². The van der Waals surface area contributed by atoms with E-state index in [1.54, 1.807) is 0 Å². The standard InChI is InChI=1S/C13H17N5O/c1-10-14-15-11-2-3-12(16-18(10)11)17-6-4-13(8-17)5-7-19-9-13/h2-3H,4-9H2,1H3/t13-/m0/s1. The van der Waals surface area contributed by atoms with Gasteiger partial charge in [0.1, 0.15) is 5.82 Å². The summed E-state index contributed by atoms with van der Waals surface area (Å²) in [5.41, 5.74) is 1.16. The maximum absolute atomic E-state index is 5.57. The van der Waals surface area contributed by atoms with Gasteiger partial charge in [-0.1, -0.05) is 0 Å². The molecule has 2 fully saturated rings. The maximum Gasteiger partial charge on any atom is 0.178 e. The van der Waals surface area contributed by atoms with Crippen LogP contribution in [-0.2, 0) is 4.74 Å². The van der Waals surface area contributed by atoms with Gasteiger partial charge in [0.15, 0.2) is 11.5 Å². The maximum atomic E-state index is 5.57. The van der Waals surface area contributed by atoms with Gasteiger partial charge in [0.25, 0.3) is 0 Å². The highest BCUT2D eigenvalue weighted by atomic mass is 16.5. The SMILES string of the molecule is Cc1nnc2ccc(N3CC[C@]4(CCOC4)C3)nn12. The molecule has 1 atom stereocenters. The lowest BCUT2D eigenvalue weighted by molar-refractivity contribution is 0.160. The Morgan fingerprint density at radius 3 is 3.05 bits per heavy atom. The van der Waals surface area contributed by atoms with Crippen LogP contribution in [0.25, 0.3) is 5.65 Å². The van der Waals surface area contributed by atoms with Crippen LogP contribution in [0.5, 0.6) is 0 Å². The van der Waals surface area contributed by atoms with Crippen molar-refractivity contribution in [3.63, 3.8) is 0 Å². The summed E-state index contributed by atoms with van der Waals surface area (Å²) in [7, 11) is 0. The van der Waals surface area contributed by atoms with Gasteiger partial charge in [-0.25, -0.2) is 0 Å². The molecule has 6 heteroatoms. The van der Waals surface area contributed by atoms with Gasteiger partial charge in [-0.3, -0.25) is 0 Å². The van der Waals surface area contributed by atoms with E-state index in [2.05, 4.69) is 20.2 Å². The van der Waals surface area contributed by atoms with Crippen molar-refractivity contribution in [3.05, 3.63) is 18.0 Å². The predicted octanol–water partition coefficient (Wildman–Crippen LogP) is 1.05. The van der Waals surface area contributed by atoms with E-state index in [0.717, 1.165) is 43.6 Å². The molecule has 4 rings (SSSR count). The van der Waals surface area contributed by atoms with Crippen molar-refractivity contribution in [2.24, 2.45) is 5.41 Å². The molecule has 0 unspecified atom stereocenters. The first-order chi connectivity index (χ1) is 9.26. The molecule has 1 spiro atoms. The van der Waals surface area contributed by atoms with Crippen LogP contribution in [0.3, 0.4) is 0 Å². The summed E-state index contributed by atoms with van der Waals surface area (Å²) in [5.74, 6) is 1.84. The summed E-state index contributed by atoms with van der Waals surface area (Å²) in [6.45, 7) is 5.84. The second-order valence-electron chi connectivity index (χ2n) is 5.68. The van der Waals surface area contributed by atoms with E-state index in [1.165, 1.54) is 12.8 Å². The van der Waals surface area contributed by atoms with Gasteiger partial charge in [0.05, 0.1) is 6.61 Å². The number of nitrogens with zero attached hydrogens (tertiary/aromatic N) is 5. The number of hydrogen-bond donors (Lipinski definition) is 0. The molecule has 19 heavy (non-hydrogen) atoms. The van der Waals surface area contributed by atoms with Crippen LogP contribution in [0.1, 0.15) is 18.7 Å². The zero-order valence-electron chi connectivity index (χ0n) is 11.0. The Balaban J connectivity index is 1.65. The van der Waals surface area contributed by atoms with Crippen LogP contribution < -0.4 is 4.90 Å². The number of hydrogen-bond acceptors (Lipinski definition) is 5. The Morgan fingerprint density at radius 1 is 1.26 bits per heavy atom. The summed E-state index contributed by atoms with van der Waals surface area (Å²) in [5, 5.41) is 12.8. The number of anilines is 1. The van der Waals surface area contributed by atoms with Crippen LogP contribution >= 0.6 is 0 Å². The Bertz CT molecular complexity index is 617. The third kappa shape index (κ3) is 1.70. The van der Waals surface area contributed by atoms with E-state index < -0.39 is 0 Å². The molecular formula is C13H17N5O. The number of rotatable bonds is 1. The van der Waals surface area contributed by atoms with Crippen molar-refractivity contribution in [2.45, 2.75) is 19.8 Å². The van der Waals surface area contributed by atoms with Crippen molar-refractivity contribution >= 4 is 11.5 Å². The minimum Gasteiger partial charge on any atom is -0.381 e. The Labute approximate surface area is 111 Å². The van der Waals surface area contributed by atoms with Crippen molar-refractivity contribution in [3.8, 4) is 0 Å². The van der Waals surface area contributed by atoms with Crippen LogP contribution in [0, 0.1) is 12.3 Å². The first-order valence-corrected chi connectivity index (χ1v) is 6.78. The predicted molar refractivity (Wildman–Crippen MR) is 70.2 cm³/mol. The van der Waals surface area contributed by atoms with Crippen molar-refractivity contribution in [1.29, 1.82) is 0 Å². The van der Waals surface area contributed by atoms with Gasteiger partial charge >= 0.3 is 0 Å². The molecular weight excluding hydrogens is 242 g/mol. The van der Waals surface area contributed by atoms with Gasteiger partial charge in [-0.15, -0.1) is 15.3 Å². The minimum atomic E-state index is 0.360. The van der Waals surface area contributed by atoms with Crippen LogP contribution in [0.2, 0.25) is 0 Å². The van der Waals surface area contributed by atoms with E-state index in [0.29, 0.717) is 5.41 Å². The molecule has 6 nitrogen and oxygen atoms in total. The molecule has 2 aromatic rings. The van der Waals surface area contributed by atoms with E-state index in [-0.39, 0.29) is 0 Å². The molecule has 0 amide bonds. The van der Waals surface area contributed by atoms with Gasteiger partial charge in [-0.05, 0) is 31.9 Å². The average Bonchev–Trinajstić information content (AvgIpc) is 3.13. The second-order valence-corrected chi connectivity index (χ2v) is 5.68. The van der Waals surface area contributed by atoms with Gasteiger partial charge in [0, 0.05) is 25.1 Å². The number of aryl methyl sites for hydroxylation is 1. The molecule has 2 aliphatic rings. The normalized spacial score (nSPS) is 26.9. The van der Waals surface area contributed by atoms with E-state index >= 15 is 0 Å². The molecule has 0 saturated carbocycles. The lowest BCUT2D eigenvalue weighted by atomic mass is 9.87. The third-order valence-corrected chi connectivity index (χ3v) is 4.35. The van der Waals surface area contributed by atoms with E-state index in [1.807, 2.05) is 23.6 Å². The molecule has 0 bridgehead atoms. The zero-order valence-corrected chi connectivity index (χ0v) is 11.0. The fourth-order valence-electron chi connectivity index (χ4n) is 3.16. The molecule has 0 aromatic carbocycles.